The van der Waals surface area contributed by atoms with E-state index >= 15 is 0 Å². The van der Waals surface area contributed by atoms with Gasteiger partial charge in [-0.2, -0.15) is 15.4 Å². The molecule has 0 radical (unpaired) electrons. The highest BCUT2D eigenvalue weighted by atomic mass is 35.5. The van der Waals surface area contributed by atoms with E-state index in [-0.39, 0.29) is 12.5 Å². The van der Waals surface area contributed by atoms with Gasteiger partial charge in [-0.3, -0.25) is 4.79 Å². The number of methoxy groups -OCH3 is 1. The third-order valence-corrected chi connectivity index (χ3v) is 4.14. The lowest BCUT2D eigenvalue weighted by Gasteiger charge is -2.21. The summed E-state index contributed by atoms with van der Waals surface area (Å²) in [6, 6.07) is 4.85. The number of aromatic nitrogens is 3. The smallest absolute Gasteiger partial charge is 0.254 e. The summed E-state index contributed by atoms with van der Waals surface area (Å²) in [4.78, 5) is 14.1. The average Bonchev–Trinajstić information content (AvgIpc) is 3.17. The predicted octanol–water partition coefficient (Wildman–Crippen LogP) is 1.20. The molecule has 7 nitrogen and oxygen atoms in total. The standard InChI is InChI=1S/C14H15ClN4O3/c1-22-11-6-9(2-3-10(11)15)13(20)19-5-4-14(21,8-19)12-7-16-18-17-12/h2-3,6-7,21H,4-5,8H2,1H3,(H,16,17,18). The molecule has 0 spiro atoms. The van der Waals surface area contributed by atoms with Gasteiger partial charge in [0.25, 0.3) is 5.91 Å². The molecule has 1 aromatic heterocycles. The van der Waals surface area contributed by atoms with Crippen LogP contribution < -0.4 is 4.74 Å². The molecule has 2 heterocycles. The van der Waals surface area contributed by atoms with Crippen molar-refractivity contribution in [2.24, 2.45) is 0 Å². The number of aliphatic hydroxyl groups is 1. The van der Waals surface area contributed by atoms with Gasteiger partial charge in [0, 0.05) is 18.5 Å². The minimum atomic E-state index is -1.17. The Bertz CT molecular complexity index is 691. The minimum Gasteiger partial charge on any atom is -0.495 e. The number of hydrogen-bond acceptors (Lipinski definition) is 5. The molecule has 0 bridgehead atoms. The summed E-state index contributed by atoms with van der Waals surface area (Å²) in [5.74, 6) is 0.257. The molecular formula is C14H15ClN4O3. The first-order valence-electron chi connectivity index (χ1n) is 6.75. The van der Waals surface area contributed by atoms with Gasteiger partial charge >= 0.3 is 0 Å². The molecule has 1 atom stereocenters. The summed E-state index contributed by atoms with van der Waals surface area (Å²) in [7, 11) is 1.49. The predicted molar refractivity (Wildman–Crippen MR) is 78.8 cm³/mol. The second kappa shape index (κ2) is 5.58. The van der Waals surface area contributed by atoms with Gasteiger partial charge < -0.3 is 14.7 Å². The maximum absolute atomic E-state index is 12.6. The first-order chi connectivity index (χ1) is 10.5. The molecule has 1 aromatic carbocycles. The number of β-amino-alcohol motifs (C(OH)–C–C–N with tert-alkyl or cyclic N) is 1. The first-order valence-corrected chi connectivity index (χ1v) is 7.13. The van der Waals surface area contributed by atoms with Crippen LogP contribution in [0.15, 0.2) is 24.4 Å². The van der Waals surface area contributed by atoms with E-state index in [4.69, 9.17) is 16.3 Å². The fraction of sp³-hybridized carbons (Fsp3) is 0.357. The summed E-state index contributed by atoms with van der Waals surface area (Å²) < 4.78 is 5.12. The lowest BCUT2D eigenvalue weighted by molar-refractivity contribution is 0.0382. The molecule has 1 aliphatic rings. The van der Waals surface area contributed by atoms with Gasteiger partial charge in [-0.25, -0.2) is 0 Å². The number of aromatic amines is 1. The Morgan fingerprint density at radius 2 is 2.36 bits per heavy atom. The number of H-pyrrole nitrogens is 1. The van der Waals surface area contributed by atoms with E-state index in [0.717, 1.165) is 0 Å². The van der Waals surface area contributed by atoms with E-state index in [0.29, 0.717) is 35.0 Å². The van der Waals surface area contributed by atoms with Gasteiger partial charge in [-0.05, 0) is 18.2 Å². The van der Waals surface area contributed by atoms with E-state index in [1.165, 1.54) is 13.3 Å². The van der Waals surface area contributed by atoms with Gasteiger partial charge in [-0.15, -0.1) is 0 Å². The highest BCUT2D eigenvalue weighted by Gasteiger charge is 2.41. The summed E-state index contributed by atoms with van der Waals surface area (Å²) >= 11 is 5.96. The maximum atomic E-state index is 12.6. The van der Waals surface area contributed by atoms with Crippen LogP contribution in [0.5, 0.6) is 5.75 Å². The van der Waals surface area contributed by atoms with Crippen LogP contribution in [0.2, 0.25) is 5.02 Å². The second-order valence-corrected chi connectivity index (χ2v) is 5.62. The molecular weight excluding hydrogens is 308 g/mol. The van der Waals surface area contributed by atoms with E-state index in [1.54, 1.807) is 23.1 Å². The summed E-state index contributed by atoms with van der Waals surface area (Å²) in [6.07, 6.45) is 1.88. The molecule has 0 aliphatic carbocycles. The number of amides is 1. The average molecular weight is 323 g/mol. The fourth-order valence-electron chi connectivity index (χ4n) is 2.58. The number of carbonyl (C=O) groups is 1. The summed E-state index contributed by atoms with van der Waals surface area (Å²) in [5, 5.41) is 21.1. The van der Waals surface area contributed by atoms with E-state index in [9.17, 15) is 9.90 Å². The fourth-order valence-corrected chi connectivity index (χ4v) is 2.77. The van der Waals surface area contributed by atoms with Crippen LogP contribution in [-0.4, -0.2) is 51.5 Å². The van der Waals surface area contributed by atoms with Gasteiger partial charge in [0.15, 0.2) is 0 Å². The van der Waals surface area contributed by atoms with Crippen LogP contribution in [0.25, 0.3) is 0 Å². The van der Waals surface area contributed by atoms with Crippen LogP contribution >= 0.6 is 11.6 Å². The number of benzene rings is 1. The molecule has 22 heavy (non-hydrogen) atoms. The maximum Gasteiger partial charge on any atom is 0.254 e. The first kappa shape index (κ1) is 14.8. The number of ether oxygens (including phenoxy) is 1. The number of carbonyl (C=O) groups excluding carboxylic acids is 1. The normalized spacial score (nSPS) is 21.1. The quantitative estimate of drug-likeness (QED) is 0.886. The van der Waals surface area contributed by atoms with Crippen LogP contribution in [-0.2, 0) is 5.60 Å². The van der Waals surface area contributed by atoms with Crippen LogP contribution in [0.1, 0.15) is 22.5 Å². The van der Waals surface area contributed by atoms with Gasteiger partial charge in [0.1, 0.15) is 17.0 Å². The molecule has 1 unspecified atom stereocenters. The van der Waals surface area contributed by atoms with Crippen LogP contribution in [0.3, 0.4) is 0 Å². The third-order valence-electron chi connectivity index (χ3n) is 3.82. The lowest BCUT2D eigenvalue weighted by Crippen LogP contribution is -2.34. The summed E-state index contributed by atoms with van der Waals surface area (Å²) in [5.41, 5.74) is -0.263. The molecule has 3 rings (SSSR count). The summed E-state index contributed by atoms with van der Waals surface area (Å²) in [6.45, 7) is 0.608. The van der Waals surface area contributed by atoms with Gasteiger partial charge in [-0.1, -0.05) is 11.6 Å². The molecule has 1 amide bonds. The Balaban J connectivity index is 1.80. The number of nitrogens with zero attached hydrogens (tertiary/aromatic N) is 3. The Hall–Kier alpha value is -2.12. The minimum absolute atomic E-state index is 0.170. The van der Waals surface area contributed by atoms with Crippen molar-refractivity contribution in [3.63, 3.8) is 0 Å². The van der Waals surface area contributed by atoms with E-state index in [2.05, 4.69) is 15.4 Å². The lowest BCUT2D eigenvalue weighted by atomic mass is 10.00. The van der Waals surface area contributed by atoms with Gasteiger partial charge in [0.05, 0.1) is 24.9 Å². The molecule has 1 fully saturated rings. The Morgan fingerprint density at radius 3 is 3.05 bits per heavy atom. The van der Waals surface area contributed by atoms with Crippen LogP contribution in [0.4, 0.5) is 0 Å². The molecule has 1 saturated heterocycles. The topological polar surface area (TPSA) is 91.3 Å². The Morgan fingerprint density at radius 1 is 1.55 bits per heavy atom. The zero-order chi connectivity index (χ0) is 15.7. The van der Waals surface area contributed by atoms with Crippen molar-refractivity contribution in [2.45, 2.75) is 12.0 Å². The second-order valence-electron chi connectivity index (χ2n) is 5.21. The highest BCUT2D eigenvalue weighted by molar-refractivity contribution is 6.32. The Kier molecular flexibility index (Phi) is 3.76. The molecule has 2 N–H and O–H groups in total. The highest BCUT2D eigenvalue weighted by Crippen LogP contribution is 2.32. The molecule has 1 aliphatic heterocycles. The van der Waals surface area contributed by atoms with Crippen molar-refractivity contribution in [3.05, 3.63) is 40.7 Å². The van der Waals surface area contributed by atoms with Crippen molar-refractivity contribution in [2.75, 3.05) is 20.2 Å². The Labute approximate surface area is 131 Å². The van der Waals surface area contributed by atoms with Crippen LogP contribution in [0, 0.1) is 0 Å². The van der Waals surface area contributed by atoms with Crippen molar-refractivity contribution in [1.29, 1.82) is 0 Å². The molecule has 8 heteroatoms. The number of rotatable bonds is 3. The zero-order valence-corrected chi connectivity index (χ0v) is 12.7. The molecule has 116 valence electrons. The SMILES string of the molecule is COc1cc(C(=O)N2CCC(O)(c3cn[nH]n3)C2)ccc1Cl. The molecule has 0 saturated carbocycles. The number of hydrogen-bond donors (Lipinski definition) is 2. The monoisotopic (exact) mass is 322 g/mol. The third kappa shape index (κ3) is 2.53. The zero-order valence-electron chi connectivity index (χ0n) is 11.9. The number of likely N-dealkylation sites (tertiary alicyclic amines) is 1. The van der Waals surface area contributed by atoms with E-state index < -0.39 is 5.60 Å². The number of nitrogens with one attached hydrogen (secondary N) is 1. The number of halogens is 1. The van der Waals surface area contributed by atoms with Crippen molar-refractivity contribution < 1.29 is 14.6 Å². The van der Waals surface area contributed by atoms with Crippen molar-refractivity contribution >= 4 is 17.5 Å². The largest absolute Gasteiger partial charge is 0.495 e. The van der Waals surface area contributed by atoms with Crippen molar-refractivity contribution in [1.82, 2.24) is 20.3 Å². The molecule has 2 aromatic rings. The van der Waals surface area contributed by atoms with Gasteiger partial charge in [0.2, 0.25) is 0 Å². The van der Waals surface area contributed by atoms with Crippen molar-refractivity contribution in [3.8, 4) is 5.75 Å². The van der Waals surface area contributed by atoms with E-state index in [1.807, 2.05) is 0 Å².